The standard InChI is InChI=1S/C34H23BrO6S2/c35-29-19-24(41-43(39,40)25-15-17-27(34(37)38)30(36)20-25)14-16-26(29)22-10-12-23(13-11-22)33-28-8-4-5-9-31(28)42-32(33)18-21-6-2-1-3-7-21/h1-17,19-20,36H,18H2,(H,37,38). The zero-order chi connectivity index (χ0) is 30.1. The summed E-state index contributed by atoms with van der Waals surface area (Å²) in [4.78, 5) is 12.1. The van der Waals surface area contributed by atoms with Crippen LogP contribution in [0.2, 0.25) is 0 Å². The molecule has 6 rings (SSSR count). The number of benzene rings is 5. The average molecular weight is 672 g/mol. The van der Waals surface area contributed by atoms with E-state index in [1.54, 1.807) is 18.2 Å². The fraction of sp³-hybridized carbons (Fsp3) is 0.0294. The molecule has 0 aliphatic heterocycles. The van der Waals surface area contributed by atoms with E-state index in [-0.39, 0.29) is 10.6 Å². The second-order valence-corrected chi connectivity index (χ2v) is 13.3. The van der Waals surface area contributed by atoms with E-state index in [9.17, 15) is 18.3 Å². The Morgan fingerprint density at radius 1 is 0.814 bits per heavy atom. The Hall–Kier alpha value is -4.44. The van der Waals surface area contributed by atoms with Crippen LogP contribution >= 0.6 is 27.3 Å². The molecular weight excluding hydrogens is 648 g/mol. The van der Waals surface area contributed by atoms with Crippen molar-refractivity contribution in [1.82, 2.24) is 0 Å². The molecule has 0 unspecified atom stereocenters. The lowest BCUT2D eigenvalue weighted by molar-refractivity contribution is 0.0693. The Kier molecular flexibility index (Phi) is 7.79. The summed E-state index contributed by atoms with van der Waals surface area (Å²) in [7, 11) is -4.32. The van der Waals surface area contributed by atoms with Crippen molar-refractivity contribution in [3.05, 3.63) is 136 Å². The number of carboxylic acid groups (broad SMARTS) is 1. The number of carbonyl (C=O) groups is 1. The zero-order valence-corrected chi connectivity index (χ0v) is 25.6. The SMILES string of the molecule is O=C(O)c1ccc(S(=O)(=O)Oc2ccc(-c3ccc(-c4c(Cc5ccccc5)sc5ccccc45)cc3)c(Br)c2)cc1O. The number of halogens is 1. The predicted molar refractivity (Wildman–Crippen MR) is 173 cm³/mol. The maximum atomic E-state index is 12.8. The number of aromatic hydroxyl groups is 1. The number of rotatable bonds is 8. The van der Waals surface area contributed by atoms with E-state index in [0.29, 0.717) is 4.47 Å². The van der Waals surface area contributed by atoms with E-state index in [4.69, 9.17) is 9.29 Å². The first-order valence-corrected chi connectivity index (χ1v) is 16.2. The molecule has 0 radical (unpaired) electrons. The number of phenols is 1. The molecule has 0 fully saturated rings. The summed E-state index contributed by atoms with van der Waals surface area (Å²) < 4.78 is 32.7. The zero-order valence-electron chi connectivity index (χ0n) is 22.4. The Morgan fingerprint density at radius 2 is 1.51 bits per heavy atom. The van der Waals surface area contributed by atoms with Crippen LogP contribution in [0.3, 0.4) is 0 Å². The third kappa shape index (κ3) is 5.92. The van der Waals surface area contributed by atoms with Gasteiger partial charge in [-0.2, -0.15) is 8.42 Å². The predicted octanol–water partition coefficient (Wildman–Crippen LogP) is 8.76. The summed E-state index contributed by atoms with van der Waals surface area (Å²) in [5.74, 6) is -1.98. The van der Waals surface area contributed by atoms with E-state index in [2.05, 4.69) is 76.6 Å². The fourth-order valence-corrected chi connectivity index (χ4v) is 7.73. The van der Waals surface area contributed by atoms with Crippen LogP contribution in [-0.2, 0) is 16.5 Å². The quantitative estimate of drug-likeness (QED) is 0.157. The Labute approximate surface area is 260 Å². The van der Waals surface area contributed by atoms with Crippen molar-refractivity contribution < 1.29 is 27.6 Å². The Balaban J connectivity index is 1.27. The highest BCUT2D eigenvalue weighted by Crippen LogP contribution is 2.41. The van der Waals surface area contributed by atoms with Crippen molar-refractivity contribution in [2.75, 3.05) is 0 Å². The number of thiophene rings is 1. The van der Waals surface area contributed by atoms with Crippen molar-refractivity contribution in [2.45, 2.75) is 11.3 Å². The molecule has 1 heterocycles. The van der Waals surface area contributed by atoms with Crippen molar-refractivity contribution >= 4 is 53.4 Å². The van der Waals surface area contributed by atoms with Crippen molar-refractivity contribution in [1.29, 1.82) is 0 Å². The first-order valence-electron chi connectivity index (χ1n) is 13.1. The first kappa shape index (κ1) is 28.7. The molecule has 9 heteroatoms. The highest BCUT2D eigenvalue weighted by atomic mass is 79.9. The fourth-order valence-electron chi connectivity index (χ4n) is 4.94. The van der Waals surface area contributed by atoms with Crippen LogP contribution in [0.15, 0.2) is 125 Å². The molecule has 1 aromatic heterocycles. The van der Waals surface area contributed by atoms with Gasteiger partial charge in [-0.05, 0) is 58.7 Å². The molecule has 0 atom stereocenters. The molecule has 5 aromatic carbocycles. The molecular formula is C34H23BrO6S2. The topological polar surface area (TPSA) is 101 Å². The minimum Gasteiger partial charge on any atom is -0.507 e. The maximum Gasteiger partial charge on any atom is 0.339 e. The molecule has 43 heavy (non-hydrogen) atoms. The van der Waals surface area contributed by atoms with Gasteiger partial charge in [-0.15, -0.1) is 11.3 Å². The van der Waals surface area contributed by atoms with E-state index < -0.39 is 27.4 Å². The van der Waals surface area contributed by atoms with Gasteiger partial charge in [0.05, 0.1) is 0 Å². The van der Waals surface area contributed by atoms with Gasteiger partial charge in [-0.25, -0.2) is 4.79 Å². The van der Waals surface area contributed by atoms with Gasteiger partial charge >= 0.3 is 16.1 Å². The summed E-state index contributed by atoms with van der Waals surface area (Å²) in [6.45, 7) is 0. The molecule has 6 nitrogen and oxygen atoms in total. The monoisotopic (exact) mass is 670 g/mol. The highest BCUT2D eigenvalue weighted by molar-refractivity contribution is 9.10. The summed E-state index contributed by atoms with van der Waals surface area (Å²) >= 11 is 5.36. The number of carboxylic acids is 1. The van der Waals surface area contributed by atoms with Crippen molar-refractivity contribution in [2.24, 2.45) is 0 Å². The van der Waals surface area contributed by atoms with Gasteiger partial charge in [0.2, 0.25) is 0 Å². The molecule has 0 saturated carbocycles. The molecule has 214 valence electrons. The largest absolute Gasteiger partial charge is 0.507 e. The third-order valence-corrected chi connectivity index (χ3v) is 10.1. The second kappa shape index (κ2) is 11.7. The first-order chi connectivity index (χ1) is 20.7. The Morgan fingerprint density at radius 3 is 2.21 bits per heavy atom. The smallest absolute Gasteiger partial charge is 0.339 e. The molecule has 0 aliphatic carbocycles. The summed E-state index contributed by atoms with van der Waals surface area (Å²) in [5, 5.41) is 20.2. The molecule has 2 N–H and O–H groups in total. The minimum atomic E-state index is -4.32. The van der Waals surface area contributed by atoms with E-state index >= 15 is 0 Å². The molecule has 0 bridgehead atoms. The van der Waals surface area contributed by atoms with Gasteiger partial charge in [0.1, 0.15) is 22.0 Å². The minimum absolute atomic E-state index is 0.0596. The molecule has 6 aromatic rings. The summed E-state index contributed by atoms with van der Waals surface area (Å²) in [6.07, 6.45) is 0.844. The van der Waals surface area contributed by atoms with Gasteiger partial charge in [-0.3, -0.25) is 0 Å². The van der Waals surface area contributed by atoms with Gasteiger partial charge in [0.15, 0.2) is 0 Å². The van der Waals surface area contributed by atoms with Crippen LogP contribution in [0.5, 0.6) is 11.5 Å². The summed E-state index contributed by atoms with van der Waals surface area (Å²) in [5.41, 5.74) is 4.98. The van der Waals surface area contributed by atoms with Crippen LogP contribution in [0.1, 0.15) is 20.8 Å². The average Bonchev–Trinajstić information content (AvgIpc) is 3.35. The normalized spacial score (nSPS) is 11.5. The lowest BCUT2D eigenvalue weighted by atomic mass is 9.96. The van der Waals surface area contributed by atoms with Gasteiger partial charge in [0, 0.05) is 37.5 Å². The molecule has 0 spiro atoms. The Bertz CT molecular complexity index is 2090. The van der Waals surface area contributed by atoms with Crippen LogP contribution < -0.4 is 4.18 Å². The number of fused-ring (bicyclic) bond motifs is 1. The van der Waals surface area contributed by atoms with E-state index in [1.165, 1.54) is 26.1 Å². The second-order valence-electron chi connectivity index (χ2n) is 9.80. The van der Waals surface area contributed by atoms with Gasteiger partial charge in [-0.1, -0.05) is 88.7 Å². The van der Waals surface area contributed by atoms with Gasteiger partial charge < -0.3 is 14.4 Å². The number of hydrogen-bond acceptors (Lipinski definition) is 6. The van der Waals surface area contributed by atoms with E-state index in [0.717, 1.165) is 41.3 Å². The number of hydrogen-bond donors (Lipinski definition) is 2. The van der Waals surface area contributed by atoms with Gasteiger partial charge in [0.25, 0.3) is 0 Å². The number of aromatic carboxylic acids is 1. The lowest BCUT2D eigenvalue weighted by Crippen LogP contribution is -2.10. The molecule has 0 aliphatic rings. The van der Waals surface area contributed by atoms with E-state index in [1.807, 2.05) is 29.5 Å². The lowest BCUT2D eigenvalue weighted by Gasteiger charge is -2.11. The van der Waals surface area contributed by atoms with Crippen LogP contribution in [0, 0.1) is 0 Å². The van der Waals surface area contributed by atoms with Crippen LogP contribution in [0.4, 0.5) is 0 Å². The van der Waals surface area contributed by atoms with Crippen molar-refractivity contribution in [3.8, 4) is 33.8 Å². The maximum absolute atomic E-state index is 12.8. The third-order valence-electron chi connectivity index (χ3n) is 7.00. The van der Waals surface area contributed by atoms with Crippen molar-refractivity contribution in [3.63, 3.8) is 0 Å². The highest BCUT2D eigenvalue weighted by Gasteiger charge is 2.21. The van der Waals surface area contributed by atoms with Crippen LogP contribution in [0.25, 0.3) is 32.3 Å². The van der Waals surface area contributed by atoms with Crippen LogP contribution in [-0.4, -0.2) is 24.6 Å². The molecule has 0 amide bonds. The summed E-state index contributed by atoms with van der Waals surface area (Å²) in [6, 6.07) is 35.0. The molecule has 0 saturated heterocycles.